The summed E-state index contributed by atoms with van der Waals surface area (Å²) in [6.07, 6.45) is 3.19. The molecule has 1 aromatic rings. The van der Waals surface area contributed by atoms with Crippen LogP contribution in [0.1, 0.15) is 24.8 Å². The number of amides is 1. The maximum atomic E-state index is 12.2. The van der Waals surface area contributed by atoms with E-state index < -0.39 is 4.92 Å². The first-order chi connectivity index (χ1) is 9.45. The molecule has 0 spiro atoms. The summed E-state index contributed by atoms with van der Waals surface area (Å²) in [4.78, 5) is 22.7. The van der Waals surface area contributed by atoms with Gasteiger partial charge in [-0.25, -0.2) is 0 Å². The molecule has 0 bridgehead atoms. The minimum Gasteiger partial charge on any atom is -0.325 e. The SMILES string of the molecule is Cc1cc(Br)c(NC(=O)C2CC3CC3C2)cc1[N+](=O)[O-]. The Balaban J connectivity index is 1.77. The lowest BCUT2D eigenvalue weighted by Gasteiger charge is -2.13. The molecule has 1 N–H and O–H groups in total. The van der Waals surface area contributed by atoms with Crippen LogP contribution >= 0.6 is 15.9 Å². The van der Waals surface area contributed by atoms with Crippen molar-refractivity contribution in [2.75, 3.05) is 5.32 Å². The van der Waals surface area contributed by atoms with Crippen LogP contribution in [0.25, 0.3) is 0 Å². The van der Waals surface area contributed by atoms with Gasteiger partial charge in [0.15, 0.2) is 0 Å². The van der Waals surface area contributed by atoms with Gasteiger partial charge in [0, 0.05) is 22.0 Å². The number of hydrogen-bond acceptors (Lipinski definition) is 3. The lowest BCUT2D eigenvalue weighted by molar-refractivity contribution is -0.385. The zero-order valence-electron chi connectivity index (χ0n) is 11.1. The van der Waals surface area contributed by atoms with Crippen LogP contribution in [0.15, 0.2) is 16.6 Å². The Morgan fingerprint density at radius 2 is 2.00 bits per heavy atom. The molecule has 2 saturated carbocycles. The van der Waals surface area contributed by atoms with Gasteiger partial charge in [-0.05, 0) is 60.0 Å². The number of nitro benzene ring substituents is 1. The Hall–Kier alpha value is -1.43. The fraction of sp³-hybridized carbons (Fsp3) is 0.500. The maximum Gasteiger partial charge on any atom is 0.274 e. The third-order valence-electron chi connectivity index (χ3n) is 4.35. The quantitative estimate of drug-likeness (QED) is 0.675. The number of nitro groups is 1. The van der Waals surface area contributed by atoms with E-state index in [4.69, 9.17) is 0 Å². The molecule has 1 aromatic carbocycles. The summed E-state index contributed by atoms with van der Waals surface area (Å²) in [5.74, 6) is 1.52. The highest BCUT2D eigenvalue weighted by Gasteiger charge is 2.48. The number of fused-ring (bicyclic) bond motifs is 1. The Morgan fingerprint density at radius 3 is 2.60 bits per heavy atom. The summed E-state index contributed by atoms with van der Waals surface area (Å²) in [6, 6.07) is 3.09. The molecule has 2 aliphatic carbocycles. The van der Waals surface area contributed by atoms with Crippen LogP contribution in [-0.4, -0.2) is 10.8 Å². The largest absolute Gasteiger partial charge is 0.325 e. The van der Waals surface area contributed by atoms with E-state index >= 15 is 0 Å². The lowest BCUT2D eigenvalue weighted by atomic mass is 10.0. The number of hydrogen-bond donors (Lipinski definition) is 1. The van der Waals surface area contributed by atoms with Gasteiger partial charge in [-0.15, -0.1) is 0 Å². The molecule has 2 fully saturated rings. The van der Waals surface area contributed by atoms with Gasteiger partial charge in [-0.2, -0.15) is 0 Å². The van der Waals surface area contributed by atoms with E-state index in [1.165, 1.54) is 12.5 Å². The number of carbonyl (C=O) groups excluding carboxylic acids is 1. The zero-order valence-corrected chi connectivity index (χ0v) is 12.6. The Bertz CT molecular complexity index is 592. The van der Waals surface area contributed by atoms with Crippen LogP contribution in [-0.2, 0) is 4.79 Å². The Kier molecular flexibility index (Phi) is 3.28. The fourth-order valence-electron chi connectivity index (χ4n) is 3.12. The van der Waals surface area contributed by atoms with Crippen LogP contribution in [0.3, 0.4) is 0 Å². The number of anilines is 1. The van der Waals surface area contributed by atoms with Crippen LogP contribution in [0.2, 0.25) is 0 Å². The number of nitrogens with one attached hydrogen (secondary N) is 1. The standard InChI is InChI=1S/C14H15BrN2O3/c1-7-2-11(15)12(6-13(7)17(19)20)16-14(18)10-4-8-3-9(8)5-10/h2,6,8-10H,3-5H2,1H3,(H,16,18). The molecule has 2 atom stereocenters. The first kappa shape index (κ1) is 13.5. The van der Waals surface area contributed by atoms with E-state index in [-0.39, 0.29) is 17.5 Å². The van der Waals surface area contributed by atoms with Crippen molar-refractivity contribution in [3.63, 3.8) is 0 Å². The highest BCUT2D eigenvalue weighted by atomic mass is 79.9. The topological polar surface area (TPSA) is 72.2 Å². The molecule has 0 aliphatic heterocycles. The second-order valence-electron chi connectivity index (χ2n) is 5.79. The number of carbonyl (C=O) groups is 1. The molecular weight excluding hydrogens is 324 g/mol. The van der Waals surface area contributed by atoms with E-state index in [1.807, 2.05) is 0 Å². The molecular formula is C14H15BrN2O3. The molecule has 3 rings (SSSR count). The van der Waals surface area contributed by atoms with Crippen molar-refractivity contribution >= 4 is 33.2 Å². The van der Waals surface area contributed by atoms with Crippen LogP contribution in [0, 0.1) is 34.8 Å². The fourth-order valence-corrected chi connectivity index (χ4v) is 3.67. The van der Waals surface area contributed by atoms with Crippen LogP contribution < -0.4 is 5.32 Å². The molecule has 106 valence electrons. The van der Waals surface area contributed by atoms with E-state index in [1.54, 1.807) is 13.0 Å². The van der Waals surface area contributed by atoms with Crippen molar-refractivity contribution in [3.05, 3.63) is 32.3 Å². The summed E-state index contributed by atoms with van der Waals surface area (Å²) in [5, 5.41) is 13.8. The van der Waals surface area contributed by atoms with Crippen LogP contribution in [0.4, 0.5) is 11.4 Å². The molecule has 6 heteroatoms. The Labute approximate surface area is 125 Å². The average Bonchev–Trinajstić information content (AvgIpc) is 2.98. The number of benzene rings is 1. The first-order valence-electron chi connectivity index (χ1n) is 6.71. The van der Waals surface area contributed by atoms with Crippen molar-refractivity contribution in [2.24, 2.45) is 17.8 Å². The molecule has 1 amide bonds. The number of nitrogens with zero attached hydrogens (tertiary/aromatic N) is 1. The third kappa shape index (κ3) is 2.44. The van der Waals surface area contributed by atoms with Crippen LogP contribution in [0.5, 0.6) is 0 Å². The molecule has 20 heavy (non-hydrogen) atoms. The van der Waals surface area contributed by atoms with Crippen molar-refractivity contribution in [1.29, 1.82) is 0 Å². The predicted molar refractivity (Wildman–Crippen MR) is 78.5 cm³/mol. The number of aryl methyl sites for hydroxylation is 1. The van der Waals surface area contributed by atoms with Gasteiger partial charge in [-0.3, -0.25) is 14.9 Å². The summed E-state index contributed by atoms with van der Waals surface area (Å²) in [5.41, 5.74) is 1.08. The lowest BCUT2D eigenvalue weighted by Crippen LogP contribution is -2.21. The molecule has 2 unspecified atom stereocenters. The highest BCUT2D eigenvalue weighted by molar-refractivity contribution is 9.10. The summed E-state index contributed by atoms with van der Waals surface area (Å²) >= 11 is 3.35. The van der Waals surface area contributed by atoms with Crippen molar-refractivity contribution in [1.82, 2.24) is 0 Å². The molecule has 2 aliphatic rings. The number of rotatable bonds is 3. The van der Waals surface area contributed by atoms with Crippen molar-refractivity contribution < 1.29 is 9.72 Å². The maximum absolute atomic E-state index is 12.2. The second kappa shape index (κ2) is 4.84. The smallest absolute Gasteiger partial charge is 0.274 e. The second-order valence-corrected chi connectivity index (χ2v) is 6.64. The van der Waals surface area contributed by atoms with Gasteiger partial charge in [0.1, 0.15) is 0 Å². The number of halogens is 1. The van der Waals surface area contributed by atoms with E-state index in [2.05, 4.69) is 21.2 Å². The minimum atomic E-state index is -0.428. The summed E-state index contributed by atoms with van der Waals surface area (Å²) in [7, 11) is 0. The van der Waals surface area contributed by atoms with E-state index in [0.717, 1.165) is 24.7 Å². The molecule has 0 saturated heterocycles. The predicted octanol–water partition coefficient (Wildman–Crippen LogP) is 3.65. The van der Waals surface area contributed by atoms with Gasteiger partial charge < -0.3 is 5.32 Å². The first-order valence-corrected chi connectivity index (χ1v) is 7.50. The van der Waals surface area contributed by atoms with Crippen molar-refractivity contribution in [3.8, 4) is 0 Å². The van der Waals surface area contributed by atoms with Gasteiger partial charge in [0.2, 0.25) is 5.91 Å². The van der Waals surface area contributed by atoms with Gasteiger partial charge in [-0.1, -0.05) is 0 Å². The molecule has 0 radical (unpaired) electrons. The zero-order chi connectivity index (χ0) is 14.4. The molecule has 0 aromatic heterocycles. The minimum absolute atomic E-state index is 0.0175. The summed E-state index contributed by atoms with van der Waals surface area (Å²) in [6.45, 7) is 1.68. The Morgan fingerprint density at radius 1 is 1.35 bits per heavy atom. The third-order valence-corrected chi connectivity index (χ3v) is 5.01. The molecule has 5 nitrogen and oxygen atoms in total. The van der Waals surface area contributed by atoms with Crippen molar-refractivity contribution in [2.45, 2.75) is 26.2 Å². The summed E-state index contributed by atoms with van der Waals surface area (Å²) < 4.78 is 0.678. The van der Waals surface area contributed by atoms with Gasteiger partial charge in [0.05, 0.1) is 10.6 Å². The van der Waals surface area contributed by atoms with Gasteiger partial charge >= 0.3 is 0 Å². The highest BCUT2D eigenvalue weighted by Crippen LogP contribution is 2.54. The van der Waals surface area contributed by atoms with Gasteiger partial charge in [0.25, 0.3) is 5.69 Å². The molecule has 0 heterocycles. The normalized spacial score (nSPS) is 27.0. The van der Waals surface area contributed by atoms with E-state index in [9.17, 15) is 14.9 Å². The average molecular weight is 339 g/mol. The van der Waals surface area contributed by atoms with E-state index in [0.29, 0.717) is 15.7 Å². The monoisotopic (exact) mass is 338 g/mol.